The molecule has 1 fully saturated rings. The molecular weight excluding hydrogens is 436 g/mol. The van der Waals surface area contributed by atoms with Crippen molar-refractivity contribution in [2.45, 2.75) is 25.9 Å². The summed E-state index contributed by atoms with van der Waals surface area (Å²) in [5.41, 5.74) is 2.72. The maximum Gasteiger partial charge on any atom is 0.252 e. The highest BCUT2D eigenvalue weighted by atomic mass is 35.5. The molecule has 3 aromatic rings. The summed E-state index contributed by atoms with van der Waals surface area (Å²) in [5.74, 6) is 1.26. The van der Waals surface area contributed by atoms with E-state index in [0.29, 0.717) is 28.2 Å². The van der Waals surface area contributed by atoms with Gasteiger partial charge in [-0.15, -0.1) is 0 Å². The lowest BCUT2D eigenvalue weighted by atomic mass is 10.2. The summed E-state index contributed by atoms with van der Waals surface area (Å²) in [6, 6.07) is 9.38. The van der Waals surface area contributed by atoms with Crippen LogP contribution >= 0.6 is 22.9 Å². The Balaban J connectivity index is 1.44. The molecule has 0 radical (unpaired) electrons. The van der Waals surface area contributed by atoms with E-state index in [1.165, 1.54) is 11.3 Å². The van der Waals surface area contributed by atoms with Crippen LogP contribution in [-0.4, -0.2) is 36.9 Å². The number of fused-ring (bicyclic) bond motifs is 2. The third kappa shape index (κ3) is 4.26. The van der Waals surface area contributed by atoms with Crippen molar-refractivity contribution in [1.82, 2.24) is 4.98 Å². The van der Waals surface area contributed by atoms with Gasteiger partial charge in [-0.3, -0.25) is 9.69 Å². The van der Waals surface area contributed by atoms with Gasteiger partial charge in [0.05, 0.1) is 22.9 Å². The quantitative estimate of drug-likeness (QED) is 0.493. The van der Waals surface area contributed by atoms with Crippen molar-refractivity contribution in [2.75, 3.05) is 24.8 Å². The number of hydrogen-bond acceptors (Lipinski definition) is 6. The molecule has 0 aliphatic carbocycles. The zero-order chi connectivity index (χ0) is 21.4. The number of carbonyl (C=O) groups excluding carboxylic acids is 1. The van der Waals surface area contributed by atoms with Crippen molar-refractivity contribution < 1.29 is 19.0 Å². The van der Waals surface area contributed by atoms with E-state index in [1.807, 2.05) is 37.3 Å². The third-order valence-electron chi connectivity index (χ3n) is 5.36. The molecule has 2 aromatic carbocycles. The predicted octanol–water partition coefficient (Wildman–Crippen LogP) is 5.21. The van der Waals surface area contributed by atoms with Gasteiger partial charge in [0.1, 0.15) is 0 Å². The third-order valence-corrected chi connectivity index (χ3v) is 6.60. The number of thiazole rings is 1. The minimum Gasteiger partial charge on any atom is -0.454 e. The van der Waals surface area contributed by atoms with Gasteiger partial charge in [0.2, 0.25) is 6.79 Å². The Morgan fingerprint density at radius 2 is 2.16 bits per heavy atom. The van der Waals surface area contributed by atoms with E-state index in [2.05, 4.69) is 0 Å². The standard InChI is InChI=1S/C23H21ClN2O4S/c1-14-9-16(24)11-20-22(14)25-23(31-20)26(12-17-3-2-8-28-17)21(27)7-5-15-4-6-18-19(10-15)30-13-29-18/h4-7,9-11,17H,2-3,8,12-13H2,1H3/b7-5+. The van der Waals surface area contributed by atoms with Gasteiger partial charge in [0, 0.05) is 17.7 Å². The summed E-state index contributed by atoms with van der Waals surface area (Å²) in [6.45, 7) is 3.40. The average Bonchev–Trinajstić information content (AvgIpc) is 3.49. The minimum absolute atomic E-state index is 0.0135. The van der Waals surface area contributed by atoms with Crippen molar-refractivity contribution in [2.24, 2.45) is 0 Å². The second-order valence-electron chi connectivity index (χ2n) is 7.60. The summed E-state index contributed by atoms with van der Waals surface area (Å²) in [7, 11) is 0. The number of rotatable bonds is 5. The zero-order valence-electron chi connectivity index (χ0n) is 17.0. The Morgan fingerprint density at radius 1 is 1.29 bits per heavy atom. The lowest BCUT2D eigenvalue weighted by molar-refractivity contribution is -0.114. The van der Waals surface area contributed by atoms with Crippen LogP contribution in [0.4, 0.5) is 5.13 Å². The molecule has 1 aromatic heterocycles. The number of benzene rings is 2. The molecule has 0 saturated carbocycles. The number of hydrogen-bond donors (Lipinski definition) is 0. The maximum atomic E-state index is 13.2. The molecule has 1 saturated heterocycles. The molecule has 8 heteroatoms. The fourth-order valence-corrected chi connectivity index (χ4v) is 5.22. The molecule has 160 valence electrons. The Morgan fingerprint density at radius 3 is 3.00 bits per heavy atom. The van der Waals surface area contributed by atoms with Crippen LogP contribution in [0, 0.1) is 6.92 Å². The van der Waals surface area contributed by atoms with Gasteiger partial charge in [-0.05, 0) is 61.2 Å². The molecule has 3 heterocycles. The lowest BCUT2D eigenvalue weighted by Gasteiger charge is -2.21. The Kier molecular flexibility index (Phi) is 5.56. The van der Waals surface area contributed by atoms with Gasteiger partial charge >= 0.3 is 0 Å². The molecule has 0 N–H and O–H groups in total. The monoisotopic (exact) mass is 456 g/mol. The Hall–Kier alpha value is -2.61. The normalized spacial score (nSPS) is 17.7. The van der Waals surface area contributed by atoms with Crippen molar-refractivity contribution in [1.29, 1.82) is 0 Å². The van der Waals surface area contributed by atoms with Gasteiger partial charge < -0.3 is 14.2 Å². The number of anilines is 1. The zero-order valence-corrected chi connectivity index (χ0v) is 18.5. The summed E-state index contributed by atoms with van der Waals surface area (Å²) in [5, 5.41) is 1.32. The number of amides is 1. The lowest BCUT2D eigenvalue weighted by Crippen LogP contribution is -2.36. The summed E-state index contributed by atoms with van der Waals surface area (Å²) >= 11 is 7.69. The molecular formula is C23H21ClN2O4S. The first-order valence-corrected chi connectivity index (χ1v) is 11.3. The van der Waals surface area contributed by atoms with Crippen LogP contribution < -0.4 is 14.4 Å². The molecule has 2 aliphatic rings. The van der Waals surface area contributed by atoms with E-state index in [-0.39, 0.29) is 18.8 Å². The highest BCUT2D eigenvalue weighted by molar-refractivity contribution is 7.22. The molecule has 0 spiro atoms. The first-order valence-electron chi connectivity index (χ1n) is 10.1. The molecule has 0 bridgehead atoms. The summed E-state index contributed by atoms with van der Waals surface area (Å²) < 4.78 is 17.5. The van der Waals surface area contributed by atoms with E-state index in [1.54, 1.807) is 17.1 Å². The van der Waals surface area contributed by atoms with Gasteiger partial charge in [0.15, 0.2) is 16.6 Å². The SMILES string of the molecule is Cc1cc(Cl)cc2sc(N(CC3CCCO3)C(=O)/C=C/c3ccc4c(c3)OCO4)nc12. The van der Waals surface area contributed by atoms with Crippen LogP contribution in [0.15, 0.2) is 36.4 Å². The van der Waals surface area contributed by atoms with Crippen LogP contribution in [0.1, 0.15) is 24.0 Å². The van der Waals surface area contributed by atoms with E-state index in [0.717, 1.165) is 40.8 Å². The fraction of sp³-hybridized carbons (Fsp3) is 0.304. The smallest absolute Gasteiger partial charge is 0.252 e. The molecule has 31 heavy (non-hydrogen) atoms. The molecule has 5 rings (SSSR count). The van der Waals surface area contributed by atoms with E-state index < -0.39 is 0 Å². The molecule has 2 aliphatic heterocycles. The average molecular weight is 457 g/mol. The Labute approximate surface area is 189 Å². The number of ether oxygens (including phenoxy) is 3. The van der Waals surface area contributed by atoms with Gasteiger partial charge in [-0.25, -0.2) is 4.98 Å². The summed E-state index contributed by atoms with van der Waals surface area (Å²) in [4.78, 5) is 19.7. The van der Waals surface area contributed by atoms with E-state index >= 15 is 0 Å². The predicted molar refractivity (Wildman–Crippen MR) is 122 cm³/mol. The van der Waals surface area contributed by atoms with Crippen molar-refractivity contribution in [3.8, 4) is 11.5 Å². The second-order valence-corrected chi connectivity index (χ2v) is 9.04. The highest BCUT2D eigenvalue weighted by Gasteiger charge is 2.25. The van der Waals surface area contributed by atoms with E-state index in [4.69, 9.17) is 30.8 Å². The molecule has 1 atom stereocenters. The molecule has 6 nitrogen and oxygen atoms in total. The first-order chi connectivity index (χ1) is 15.1. The number of aromatic nitrogens is 1. The van der Waals surface area contributed by atoms with Gasteiger partial charge in [-0.1, -0.05) is 29.0 Å². The van der Waals surface area contributed by atoms with Crippen LogP contribution in [0.5, 0.6) is 11.5 Å². The van der Waals surface area contributed by atoms with Crippen molar-refractivity contribution in [3.63, 3.8) is 0 Å². The largest absolute Gasteiger partial charge is 0.454 e. The van der Waals surface area contributed by atoms with Crippen LogP contribution in [-0.2, 0) is 9.53 Å². The molecule has 1 unspecified atom stereocenters. The van der Waals surface area contributed by atoms with Gasteiger partial charge in [0.25, 0.3) is 5.91 Å². The number of aryl methyl sites for hydroxylation is 1. The van der Waals surface area contributed by atoms with Crippen molar-refractivity contribution in [3.05, 3.63) is 52.6 Å². The number of nitrogens with zero attached hydrogens (tertiary/aromatic N) is 2. The number of halogens is 1. The highest BCUT2D eigenvalue weighted by Crippen LogP contribution is 2.35. The molecule has 1 amide bonds. The second kappa shape index (κ2) is 8.49. The van der Waals surface area contributed by atoms with E-state index in [9.17, 15) is 4.79 Å². The Bertz CT molecular complexity index is 1170. The minimum atomic E-state index is -0.143. The van der Waals surface area contributed by atoms with Gasteiger partial charge in [-0.2, -0.15) is 0 Å². The number of carbonyl (C=O) groups is 1. The van der Waals surface area contributed by atoms with Crippen LogP contribution in [0.2, 0.25) is 5.02 Å². The van der Waals surface area contributed by atoms with Crippen molar-refractivity contribution >= 4 is 50.3 Å². The topological polar surface area (TPSA) is 60.9 Å². The summed E-state index contributed by atoms with van der Waals surface area (Å²) in [6.07, 6.45) is 5.31. The van der Waals surface area contributed by atoms with Crippen LogP contribution in [0.3, 0.4) is 0 Å². The van der Waals surface area contributed by atoms with Crippen LogP contribution in [0.25, 0.3) is 16.3 Å². The maximum absolute atomic E-state index is 13.2. The first kappa shape index (κ1) is 20.3. The fourth-order valence-electron chi connectivity index (χ4n) is 3.79.